The normalized spacial score (nSPS) is 12.5. The Hall–Kier alpha value is -0.740. The third-order valence-electron chi connectivity index (χ3n) is 1.86. The molecule has 4 heteroatoms. The molecule has 0 aliphatic carbocycles. The van der Waals surface area contributed by atoms with E-state index in [1.165, 1.54) is 0 Å². The molecule has 1 unspecified atom stereocenters. The predicted octanol–water partition coefficient (Wildman–Crippen LogP) is 2.84. The SMILES string of the molecule is CCOCC(C)Oc1cc(Br)ccc1N. The van der Waals surface area contributed by atoms with E-state index >= 15 is 0 Å². The fourth-order valence-corrected chi connectivity index (χ4v) is 1.48. The first-order valence-electron chi connectivity index (χ1n) is 4.93. The Morgan fingerprint density at radius 1 is 1.47 bits per heavy atom. The molecule has 0 radical (unpaired) electrons. The Balaban J connectivity index is 2.59. The summed E-state index contributed by atoms with van der Waals surface area (Å²) >= 11 is 3.37. The van der Waals surface area contributed by atoms with Crippen LogP contribution in [0.25, 0.3) is 0 Å². The number of rotatable bonds is 5. The van der Waals surface area contributed by atoms with Crippen LogP contribution < -0.4 is 10.5 Å². The van der Waals surface area contributed by atoms with Crippen molar-refractivity contribution in [3.63, 3.8) is 0 Å². The topological polar surface area (TPSA) is 44.5 Å². The lowest BCUT2D eigenvalue weighted by Crippen LogP contribution is -2.19. The lowest BCUT2D eigenvalue weighted by molar-refractivity contribution is 0.0661. The maximum absolute atomic E-state index is 5.78. The van der Waals surface area contributed by atoms with Crippen molar-refractivity contribution >= 4 is 21.6 Å². The second-order valence-corrected chi connectivity index (χ2v) is 4.19. The summed E-state index contributed by atoms with van der Waals surface area (Å²) in [6, 6.07) is 5.56. The Morgan fingerprint density at radius 2 is 2.20 bits per heavy atom. The van der Waals surface area contributed by atoms with Crippen LogP contribution in [0.5, 0.6) is 5.75 Å². The van der Waals surface area contributed by atoms with E-state index in [0.717, 1.165) is 4.47 Å². The summed E-state index contributed by atoms with van der Waals surface area (Å²) < 4.78 is 11.9. The van der Waals surface area contributed by atoms with Crippen molar-refractivity contribution in [1.29, 1.82) is 0 Å². The molecule has 0 aromatic heterocycles. The minimum atomic E-state index is 0.00144. The van der Waals surface area contributed by atoms with E-state index in [4.69, 9.17) is 15.2 Å². The van der Waals surface area contributed by atoms with Crippen LogP contribution in [-0.4, -0.2) is 19.3 Å². The molecule has 84 valence electrons. The van der Waals surface area contributed by atoms with Gasteiger partial charge in [-0.15, -0.1) is 0 Å². The minimum absolute atomic E-state index is 0.00144. The zero-order valence-corrected chi connectivity index (χ0v) is 10.6. The first-order valence-corrected chi connectivity index (χ1v) is 5.72. The Morgan fingerprint density at radius 3 is 2.87 bits per heavy atom. The van der Waals surface area contributed by atoms with Gasteiger partial charge in [0.2, 0.25) is 0 Å². The minimum Gasteiger partial charge on any atom is -0.486 e. The van der Waals surface area contributed by atoms with Crippen LogP contribution in [-0.2, 0) is 4.74 Å². The van der Waals surface area contributed by atoms with Gasteiger partial charge in [0.1, 0.15) is 11.9 Å². The van der Waals surface area contributed by atoms with Gasteiger partial charge in [0.15, 0.2) is 0 Å². The van der Waals surface area contributed by atoms with Gasteiger partial charge in [0.25, 0.3) is 0 Å². The summed E-state index contributed by atoms with van der Waals surface area (Å²) in [4.78, 5) is 0. The van der Waals surface area contributed by atoms with Crippen LogP contribution in [0.4, 0.5) is 5.69 Å². The second-order valence-electron chi connectivity index (χ2n) is 3.27. The molecule has 0 aliphatic rings. The number of nitrogens with two attached hydrogens (primary N) is 1. The number of ether oxygens (including phenoxy) is 2. The van der Waals surface area contributed by atoms with Crippen LogP contribution in [0.3, 0.4) is 0 Å². The number of hydrogen-bond acceptors (Lipinski definition) is 3. The first-order chi connectivity index (χ1) is 7.13. The Kier molecular flexibility index (Phi) is 4.91. The number of hydrogen-bond donors (Lipinski definition) is 1. The van der Waals surface area contributed by atoms with Gasteiger partial charge in [-0.1, -0.05) is 15.9 Å². The number of halogens is 1. The smallest absolute Gasteiger partial charge is 0.143 e. The number of benzene rings is 1. The Bertz CT molecular complexity index is 317. The van der Waals surface area contributed by atoms with Gasteiger partial charge in [-0.25, -0.2) is 0 Å². The molecule has 3 nitrogen and oxygen atoms in total. The molecule has 15 heavy (non-hydrogen) atoms. The predicted molar refractivity (Wildman–Crippen MR) is 65.1 cm³/mol. The van der Waals surface area contributed by atoms with Gasteiger partial charge < -0.3 is 15.2 Å². The van der Waals surface area contributed by atoms with E-state index in [0.29, 0.717) is 24.7 Å². The van der Waals surface area contributed by atoms with Crippen molar-refractivity contribution in [3.05, 3.63) is 22.7 Å². The van der Waals surface area contributed by atoms with Crippen LogP contribution in [0.1, 0.15) is 13.8 Å². The highest BCUT2D eigenvalue weighted by Crippen LogP contribution is 2.26. The fraction of sp³-hybridized carbons (Fsp3) is 0.455. The van der Waals surface area contributed by atoms with Gasteiger partial charge in [-0.2, -0.15) is 0 Å². The van der Waals surface area contributed by atoms with E-state index in [1.807, 2.05) is 32.0 Å². The summed E-state index contributed by atoms with van der Waals surface area (Å²) in [5.41, 5.74) is 6.42. The van der Waals surface area contributed by atoms with Gasteiger partial charge in [0, 0.05) is 11.1 Å². The van der Waals surface area contributed by atoms with Gasteiger partial charge >= 0.3 is 0 Å². The van der Waals surface area contributed by atoms with E-state index in [2.05, 4.69) is 15.9 Å². The fourth-order valence-electron chi connectivity index (χ4n) is 1.14. The average Bonchev–Trinajstić information content (AvgIpc) is 2.20. The quantitative estimate of drug-likeness (QED) is 0.840. The summed E-state index contributed by atoms with van der Waals surface area (Å²) in [6.07, 6.45) is 0.00144. The lowest BCUT2D eigenvalue weighted by atomic mass is 10.3. The van der Waals surface area contributed by atoms with Crippen molar-refractivity contribution in [2.75, 3.05) is 18.9 Å². The molecule has 0 aliphatic heterocycles. The first kappa shape index (κ1) is 12.3. The molecule has 0 spiro atoms. The van der Waals surface area contributed by atoms with Crippen molar-refractivity contribution in [2.45, 2.75) is 20.0 Å². The second kappa shape index (κ2) is 5.98. The van der Waals surface area contributed by atoms with Crippen molar-refractivity contribution < 1.29 is 9.47 Å². The average molecular weight is 274 g/mol. The van der Waals surface area contributed by atoms with E-state index in [-0.39, 0.29) is 6.10 Å². The zero-order valence-electron chi connectivity index (χ0n) is 9.00. The molecule has 0 bridgehead atoms. The van der Waals surface area contributed by atoms with Crippen LogP contribution in [0.15, 0.2) is 22.7 Å². The van der Waals surface area contributed by atoms with Crippen molar-refractivity contribution in [3.8, 4) is 5.75 Å². The summed E-state index contributed by atoms with van der Waals surface area (Å²) in [5, 5.41) is 0. The summed E-state index contributed by atoms with van der Waals surface area (Å²) in [6.45, 7) is 5.18. The molecule has 1 aromatic carbocycles. The summed E-state index contributed by atoms with van der Waals surface area (Å²) in [5.74, 6) is 0.691. The molecule has 0 saturated heterocycles. The van der Waals surface area contributed by atoms with E-state index in [1.54, 1.807) is 0 Å². The molecule has 1 atom stereocenters. The molecule has 0 amide bonds. The highest BCUT2D eigenvalue weighted by molar-refractivity contribution is 9.10. The molecule has 0 heterocycles. The molecule has 1 rings (SSSR count). The van der Waals surface area contributed by atoms with Crippen LogP contribution in [0, 0.1) is 0 Å². The standard InChI is InChI=1S/C11H16BrNO2/c1-3-14-7-8(2)15-11-6-9(12)4-5-10(11)13/h4-6,8H,3,7,13H2,1-2H3. The number of anilines is 1. The highest BCUT2D eigenvalue weighted by Gasteiger charge is 2.07. The molecular weight excluding hydrogens is 258 g/mol. The summed E-state index contributed by atoms with van der Waals surface area (Å²) in [7, 11) is 0. The highest BCUT2D eigenvalue weighted by atomic mass is 79.9. The third kappa shape index (κ3) is 4.10. The van der Waals surface area contributed by atoms with E-state index in [9.17, 15) is 0 Å². The Labute approximate surface area is 98.7 Å². The van der Waals surface area contributed by atoms with Crippen LogP contribution in [0.2, 0.25) is 0 Å². The third-order valence-corrected chi connectivity index (χ3v) is 2.35. The van der Waals surface area contributed by atoms with Crippen molar-refractivity contribution in [2.24, 2.45) is 0 Å². The lowest BCUT2D eigenvalue weighted by Gasteiger charge is -2.16. The zero-order chi connectivity index (χ0) is 11.3. The van der Waals surface area contributed by atoms with Gasteiger partial charge in [-0.3, -0.25) is 0 Å². The monoisotopic (exact) mass is 273 g/mol. The molecule has 2 N–H and O–H groups in total. The molecular formula is C11H16BrNO2. The molecule has 0 saturated carbocycles. The molecule has 0 fully saturated rings. The number of nitrogen functional groups attached to an aromatic ring is 1. The van der Waals surface area contributed by atoms with Crippen LogP contribution >= 0.6 is 15.9 Å². The van der Waals surface area contributed by atoms with E-state index < -0.39 is 0 Å². The molecule has 1 aromatic rings. The van der Waals surface area contributed by atoms with Gasteiger partial charge in [0.05, 0.1) is 12.3 Å². The van der Waals surface area contributed by atoms with Gasteiger partial charge in [-0.05, 0) is 32.0 Å². The maximum atomic E-state index is 5.78. The largest absolute Gasteiger partial charge is 0.486 e. The van der Waals surface area contributed by atoms with Crippen molar-refractivity contribution in [1.82, 2.24) is 0 Å². The maximum Gasteiger partial charge on any atom is 0.143 e.